The van der Waals surface area contributed by atoms with Crippen LogP contribution in [0.25, 0.3) is 10.4 Å². The Labute approximate surface area is 122 Å². The summed E-state index contributed by atoms with van der Waals surface area (Å²) in [6.07, 6.45) is 0. The monoisotopic (exact) mass is 344 g/mol. The minimum Gasteiger partial charge on any atom is -0.293 e. The lowest BCUT2D eigenvalue weighted by atomic mass is 10.1. The van der Waals surface area contributed by atoms with Gasteiger partial charge in [-0.25, -0.2) is 8.78 Å². The molecular weight excluding hydrogens is 334 g/mol. The molecule has 0 spiro atoms. The van der Waals surface area contributed by atoms with Gasteiger partial charge < -0.3 is 0 Å². The van der Waals surface area contributed by atoms with Gasteiger partial charge in [0.05, 0.1) is 9.35 Å². The van der Waals surface area contributed by atoms with Crippen LogP contribution in [0, 0.1) is 17.6 Å². The van der Waals surface area contributed by atoms with E-state index in [0.29, 0.717) is 9.75 Å². The first-order valence-corrected chi connectivity index (χ1v) is 7.30. The Kier molecular flexibility index (Phi) is 4.16. The van der Waals surface area contributed by atoms with Crippen molar-refractivity contribution in [3.8, 4) is 10.4 Å². The average Bonchev–Trinajstić information content (AvgIpc) is 2.81. The second-order valence-electron chi connectivity index (χ2n) is 4.43. The fourth-order valence-corrected chi connectivity index (χ4v) is 3.04. The molecule has 1 heterocycles. The molecule has 1 nitrogen and oxygen atoms in total. The molecule has 0 atom stereocenters. The molecular formula is C14H11BrF2OS. The van der Waals surface area contributed by atoms with Gasteiger partial charge in [-0.3, -0.25) is 4.79 Å². The first kappa shape index (κ1) is 14.3. The molecule has 2 rings (SSSR count). The lowest BCUT2D eigenvalue weighted by Crippen LogP contribution is -2.04. The third kappa shape index (κ3) is 2.92. The van der Waals surface area contributed by atoms with E-state index in [1.54, 1.807) is 12.1 Å². The van der Waals surface area contributed by atoms with Gasteiger partial charge in [-0.2, -0.15) is 0 Å². The second-order valence-corrected chi connectivity index (χ2v) is 6.37. The molecule has 0 fully saturated rings. The van der Waals surface area contributed by atoms with Crippen molar-refractivity contribution in [2.24, 2.45) is 5.92 Å². The number of rotatable bonds is 3. The van der Waals surface area contributed by atoms with Crippen LogP contribution in [0.1, 0.15) is 23.5 Å². The molecule has 0 unspecified atom stereocenters. The molecule has 19 heavy (non-hydrogen) atoms. The van der Waals surface area contributed by atoms with E-state index in [4.69, 9.17) is 0 Å². The fraction of sp³-hybridized carbons (Fsp3) is 0.214. The maximum atomic E-state index is 13.8. The highest BCUT2D eigenvalue weighted by atomic mass is 79.9. The number of hydrogen-bond donors (Lipinski definition) is 0. The van der Waals surface area contributed by atoms with Crippen molar-refractivity contribution in [1.29, 1.82) is 0 Å². The zero-order valence-electron chi connectivity index (χ0n) is 10.3. The van der Waals surface area contributed by atoms with Gasteiger partial charge in [-0.15, -0.1) is 11.3 Å². The van der Waals surface area contributed by atoms with E-state index >= 15 is 0 Å². The first-order valence-electron chi connectivity index (χ1n) is 5.69. The van der Waals surface area contributed by atoms with Gasteiger partial charge in [-0.1, -0.05) is 13.8 Å². The van der Waals surface area contributed by atoms with Gasteiger partial charge in [0, 0.05) is 16.4 Å². The van der Waals surface area contributed by atoms with E-state index in [1.807, 2.05) is 13.8 Å². The molecule has 1 aromatic carbocycles. The van der Waals surface area contributed by atoms with Gasteiger partial charge in [-0.05, 0) is 40.2 Å². The minimum atomic E-state index is -0.526. The number of Topliss-reactive ketones (excluding diaryl/α,β-unsaturated/α-hetero) is 1. The summed E-state index contributed by atoms with van der Waals surface area (Å²) in [4.78, 5) is 12.9. The molecule has 0 aliphatic rings. The van der Waals surface area contributed by atoms with Gasteiger partial charge in [0.25, 0.3) is 0 Å². The number of carbonyl (C=O) groups excluding carboxylic acids is 1. The second kappa shape index (κ2) is 5.51. The van der Waals surface area contributed by atoms with E-state index in [-0.39, 0.29) is 21.7 Å². The molecule has 5 heteroatoms. The maximum Gasteiger partial charge on any atom is 0.175 e. The molecule has 1 aromatic heterocycles. The molecule has 0 N–H and O–H groups in total. The largest absolute Gasteiger partial charge is 0.293 e. The standard InChI is InChI=1S/C14H11BrF2OS/c1-7(2)14(18)13-4-3-12(19-13)8-5-11(17)9(15)6-10(8)16/h3-7H,1-2H3. The molecule has 0 bridgehead atoms. The van der Waals surface area contributed by atoms with Gasteiger partial charge in [0.15, 0.2) is 5.78 Å². The van der Waals surface area contributed by atoms with E-state index in [1.165, 1.54) is 11.3 Å². The highest BCUT2D eigenvalue weighted by Crippen LogP contribution is 2.33. The third-order valence-electron chi connectivity index (χ3n) is 2.65. The number of carbonyl (C=O) groups is 1. The SMILES string of the molecule is CC(C)C(=O)c1ccc(-c2cc(F)c(Br)cc2F)s1. The van der Waals surface area contributed by atoms with Crippen molar-refractivity contribution < 1.29 is 13.6 Å². The lowest BCUT2D eigenvalue weighted by molar-refractivity contribution is 0.0943. The Morgan fingerprint density at radius 2 is 1.89 bits per heavy atom. The van der Waals surface area contributed by atoms with Gasteiger partial charge >= 0.3 is 0 Å². The van der Waals surface area contributed by atoms with Crippen molar-refractivity contribution in [2.45, 2.75) is 13.8 Å². The van der Waals surface area contributed by atoms with Crippen LogP contribution in [0.4, 0.5) is 8.78 Å². The van der Waals surface area contributed by atoms with E-state index < -0.39 is 11.6 Å². The Hall–Kier alpha value is -1.07. The molecule has 0 radical (unpaired) electrons. The fourth-order valence-electron chi connectivity index (χ4n) is 1.61. The summed E-state index contributed by atoms with van der Waals surface area (Å²) in [6, 6.07) is 5.52. The average molecular weight is 345 g/mol. The predicted octanol–water partition coefficient (Wildman–Crippen LogP) is 5.29. The summed E-state index contributed by atoms with van der Waals surface area (Å²) in [5.41, 5.74) is 0.175. The van der Waals surface area contributed by atoms with Crippen LogP contribution >= 0.6 is 27.3 Å². The molecule has 0 saturated heterocycles. The molecule has 0 amide bonds. The third-order valence-corrected chi connectivity index (χ3v) is 4.39. The van der Waals surface area contributed by atoms with Gasteiger partial charge in [0.2, 0.25) is 0 Å². The summed E-state index contributed by atoms with van der Waals surface area (Å²) in [6.45, 7) is 3.61. The Bertz CT molecular complexity index is 634. The van der Waals surface area contributed by atoms with Crippen molar-refractivity contribution in [3.63, 3.8) is 0 Å². The summed E-state index contributed by atoms with van der Waals surface area (Å²) >= 11 is 4.11. The van der Waals surface area contributed by atoms with Crippen LogP contribution < -0.4 is 0 Å². The normalized spacial score (nSPS) is 11.1. The van der Waals surface area contributed by atoms with Crippen LogP contribution in [0.2, 0.25) is 0 Å². The first-order chi connectivity index (χ1) is 8.90. The maximum absolute atomic E-state index is 13.8. The molecule has 0 saturated carbocycles. The summed E-state index contributed by atoms with van der Waals surface area (Å²) in [7, 11) is 0. The molecule has 0 aliphatic heterocycles. The van der Waals surface area contributed by atoms with Crippen LogP contribution in [-0.4, -0.2) is 5.78 Å². The van der Waals surface area contributed by atoms with Crippen LogP contribution in [0.3, 0.4) is 0 Å². The van der Waals surface area contributed by atoms with E-state index in [9.17, 15) is 13.6 Å². The van der Waals surface area contributed by atoms with Crippen molar-refractivity contribution in [1.82, 2.24) is 0 Å². The number of ketones is 1. The van der Waals surface area contributed by atoms with E-state index in [2.05, 4.69) is 15.9 Å². The number of halogens is 3. The number of hydrogen-bond acceptors (Lipinski definition) is 2. The van der Waals surface area contributed by atoms with Crippen molar-refractivity contribution in [3.05, 3.63) is 45.2 Å². The molecule has 100 valence electrons. The van der Waals surface area contributed by atoms with Crippen LogP contribution in [-0.2, 0) is 0 Å². The number of benzene rings is 1. The summed E-state index contributed by atoms with van der Waals surface area (Å²) in [5.74, 6) is -1.15. The lowest BCUT2D eigenvalue weighted by Gasteiger charge is -2.03. The van der Waals surface area contributed by atoms with Crippen LogP contribution in [0.5, 0.6) is 0 Å². The zero-order valence-corrected chi connectivity index (χ0v) is 12.7. The van der Waals surface area contributed by atoms with Crippen molar-refractivity contribution in [2.75, 3.05) is 0 Å². The number of thiophene rings is 1. The zero-order chi connectivity index (χ0) is 14.2. The Morgan fingerprint density at radius 1 is 1.21 bits per heavy atom. The quantitative estimate of drug-likeness (QED) is 0.545. The molecule has 0 aliphatic carbocycles. The highest BCUT2D eigenvalue weighted by molar-refractivity contribution is 9.10. The smallest absolute Gasteiger partial charge is 0.175 e. The minimum absolute atomic E-state index is 0.00856. The van der Waals surface area contributed by atoms with Gasteiger partial charge in [0.1, 0.15) is 11.6 Å². The van der Waals surface area contributed by atoms with Crippen molar-refractivity contribution >= 4 is 33.0 Å². The Balaban J connectivity index is 2.44. The predicted molar refractivity (Wildman–Crippen MR) is 76.5 cm³/mol. The summed E-state index contributed by atoms with van der Waals surface area (Å²) < 4.78 is 27.4. The molecule has 2 aromatic rings. The van der Waals surface area contributed by atoms with Crippen LogP contribution in [0.15, 0.2) is 28.7 Å². The summed E-state index contributed by atoms with van der Waals surface area (Å²) in [5, 5.41) is 0. The highest BCUT2D eigenvalue weighted by Gasteiger charge is 2.16. The van der Waals surface area contributed by atoms with E-state index in [0.717, 1.165) is 12.1 Å². The Morgan fingerprint density at radius 3 is 2.53 bits per heavy atom. The topological polar surface area (TPSA) is 17.1 Å².